The molecule has 0 aliphatic rings. The van der Waals surface area contributed by atoms with E-state index in [1.807, 2.05) is 21.1 Å². The number of carboxylic acid groups (broad SMARTS) is 1. The summed E-state index contributed by atoms with van der Waals surface area (Å²) in [6, 6.07) is -0.607. The second-order valence-corrected chi connectivity index (χ2v) is 15.3. The van der Waals surface area contributed by atoms with Gasteiger partial charge in [-0.25, -0.2) is 4.79 Å². The smallest absolute Gasteiger partial charge is 0.362 e. The molecule has 0 saturated heterocycles. The zero-order chi connectivity index (χ0) is 36.4. The first-order valence-electron chi connectivity index (χ1n) is 20.6. The molecule has 0 bridgehead atoms. The van der Waals surface area contributed by atoms with Gasteiger partial charge in [0.05, 0.1) is 34.4 Å². The normalized spacial score (nSPS) is 12.9. The highest BCUT2D eigenvalue weighted by atomic mass is 16.6. The Morgan fingerprint density at radius 2 is 0.898 bits per heavy atom. The number of carbonyl (C=O) groups excluding carboxylic acids is 2. The molecule has 49 heavy (non-hydrogen) atoms. The van der Waals surface area contributed by atoms with Crippen LogP contribution in [-0.4, -0.2) is 80.6 Å². The maximum atomic E-state index is 12.7. The Bertz CT molecular complexity index is 782. The molecule has 0 amide bonds. The third-order valence-corrected chi connectivity index (χ3v) is 9.51. The predicted molar refractivity (Wildman–Crippen MR) is 202 cm³/mol. The summed E-state index contributed by atoms with van der Waals surface area (Å²) in [4.78, 5) is 36.8. The van der Waals surface area contributed by atoms with Crippen LogP contribution >= 0.6 is 0 Å². The summed E-state index contributed by atoms with van der Waals surface area (Å²) in [5, 5.41) is 9.59. The summed E-state index contributed by atoms with van der Waals surface area (Å²) in [6.45, 7) is 4.75. The summed E-state index contributed by atoms with van der Waals surface area (Å²) in [6.07, 6.45) is 31.3. The lowest BCUT2D eigenvalue weighted by atomic mass is 10.0. The van der Waals surface area contributed by atoms with E-state index in [4.69, 9.17) is 14.2 Å². The molecular weight excluding hydrogens is 618 g/mol. The highest BCUT2D eigenvalue weighted by Gasteiger charge is 2.31. The number of esters is 2. The summed E-state index contributed by atoms with van der Waals surface area (Å²) in [5.41, 5.74) is 0. The molecule has 0 aliphatic heterocycles. The Morgan fingerprint density at radius 1 is 0.531 bits per heavy atom. The number of hydrogen-bond donors (Lipinski definition) is 1. The van der Waals surface area contributed by atoms with Gasteiger partial charge < -0.3 is 23.8 Å². The van der Waals surface area contributed by atoms with Gasteiger partial charge in [-0.1, -0.05) is 162 Å². The largest absolute Gasteiger partial charge is 0.477 e. The number of nitrogens with zero attached hydrogens (tertiary/aromatic N) is 1. The van der Waals surface area contributed by atoms with Crippen LogP contribution in [0.15, 0.2) is 0 Å². The van der Waals surface area contributed by atoms with Crippen molar-refractivity contribution < 1.29 is 38.2 Å². The Morgan fingerprint density at radius 3 is 1.27 bits per heavy atom. The van der Waals surface area contributed by atoms with Crippen LogP contribution < -0.4 is 0 Å². The van der Waals surface area contributed by atoms with E-state index >= 15 is 0 Å². The molecular formula is C41H80NO7+. The Hall–Kier alpha value is -1.67. The highest BCUT2D eigenvalue weighted by molar-refractivity contribution is 5.72. The maximum absolute atomic E-state index is 12.7. The number of carboxylic acids is 1. The lowest BCUT2D eigenvalue weighted by Gasteiger charge is -2.31. The molecule has 0 radical (unpaired) electrons. The third-order valence-electron chi connectivity index (χ3n) is 9.51. The molecule has 0 rings (SSSR count). The zero-order valence-electron chi connectivity index (χ0n) is 32.9. The Kier molecular flexibility index (Phi) is 32.3. The van der Waals surface area contributed by atoms with Gasteiger partial charge in [-0.05, 0) is 12.8 Å². The van der Waals surface area contributed by atoms with Crippen LogP contribution in [0.5, 0.6) is 0 Å². The second kappa shape index (κ2) is 33.5. The minimum Gasteiger partial charge on any atom is -0.477 e. The topological polar surface area (TPSA) is 99.1 Å². The van der Waals surface area contributed by atoms with Crippen LogP contribution in [0.25, 0.3) is 0 Å². The molecule has 2 unspecified atom stereocenters. The van der Waals surface area contributed by atoms with Crippen LogP contribution in [0.1, 0.15) is 194 Å². The fourth-order valence-corrected chi connectivity index (χ4v) is 6.27. The number of quaternary nitrogens is 1. The maximum Gasteiger partial charge on any atom is 0.362 e. The average molecular weight is 699 g/mol. The van der Waals surface area contributed by atoms with E-state index in [-0.39, 0.29) is 36.2 Å². The van der Waals surface area contributed by atoms with E-state index in [0.29, 0.717) is 19.3 Å². The summed E-state index contributed by atoms with van der Waals surface area (Å²) in [5.74, 6) is -1.45. The van der Waals surface area contributed by atoms with Crippen molar-refractivity contribution >= 4 is 17.9 Å². The van der Waals surface area contributed by atoms with Crippen molar-refractivity contribution in [3.63, 3.8) is 0 Å². The number of hydrogen-bond acceptors (Lipinski definition) is 6. The fraction of sp³-hybridized carbons (Fsp3) is 0.927. The molecule has 0 aromatic rings. The van der Waals surface area contributed by atoms with Gasteiger partial charge in [0.25, 0.3) is 0 Å². The fourth-order valence-electron chi connectivity index (χ4n) is 6.27. The van der Waals surface area contributed by atoms with Gasteiger partial charge in [-0.3, -0.25) is 9.59 Å². The zero-order valence-corrected chi connectivity index (χ0v) is 32.9. The van der Waals surface area contributed by atoms with E-state index in [1.165, 1.54) is 122 Å². The number of likely N-dealkylation sites (N-methyl/N-ethyl adjacent to an activating group) is 1. The lowest BCUT2D eigenvalue weighted by molar-refractivity contribution is -0.887. The van der Waals surface area contributed by atoms with Gasteiger partial charge in [0.2, 0.25) is 0 Å². The molecule has 1 N–H and O–H groups in total. The molecule has 0 aromatic carbocycles. The molecule has 8 nitrogen and oxygen atoms in total. The Balaban J connectivity index is 4.35. The number of aliphatic carboxylic acids is 1. The number of carbonyl (C=O) groups is 3. The highest BCUT2D eigenvalue weighted by Crippen LogP contribution is 2.15. The van der Waals surface area contributed by atoms with E-state index in [1.54, 1.807) is 0 Å². The van der Waals surface area contributed by atoms with Gasteiger partial charge in [0, 0.05) is 19.3 Å². The van der Waals surface area contributed by atoms with E-state index in [0.717, 1.165) is 38.5 Å². The standard InChI is InChI=1S/C41H79NO7/c1-6-8-10-12-14-16-18-19-20-22-24-26-28-30-32-40(44)49-37(35-47-34-33-38(41(45)46)42(3,4)5)36-48-39(43)31-29-27-25-23-21-17-15-13-11-9-7-2/h37-38H,6-36H2,1-5H3/p+1. The predicted octanol–water partition coefficient (Wildman–Crippen LogP) is 10.6. The van der Waals surface area contributed by atoms with Crippen molar-refractivity contribution in [1.82, 2.24) is 0 Å². The Labute approximate surface area is 302 Å². The van der Waals surface area contributed by atoms with Crippen molar-refractivity contribution in [3.05, 3.63) is 0 Å². The van der Waals surface area contributed by atoms with Gasteiger partial charge in [0.15, 0.2) is 12.1 Å². The summed E-state index contributed by atoms with van der Waals surface area (Å²) in [7, 11) is 5.53. The molecule has 290 valence electrons. The number of ether oxygens (including phenoxy) is 3. The van der Waals surface area contributed by atoms with Crippen LogP contribution in [0.2, 0.25) is 0 Å². The minimum atomic E-state index is -0.872. The molecule has 2 atom stereocenters. The molecule has 0 aliphatic carbocycles. The molecule has 0 aromatic heterocycles. The first-order valence-corrected chi connectivity index (χ1v) is 20.6. The first kappa shape index (κ1) is 47.3. The van der Waals surface area contributed by atoms with Crippen LogP contribution in [0.3, 0.4) is 0 Å². The molecule has 0 fully saturated rings. The number of rotatable bonds is 37. The van der Waals surface area contributed by atoms with Crippen molar-refractivity contribution in [2.45, 2.75) is 206 Å². The van der Waals surface area contributed by atoms with Gasteiger partial charge in [-0.2, -0.15) is 0 Å². The lowest BCUT2D eigenvalue weighted by Crippen LogP contribution is -2.50. The molecule has 0 heterocycles. The third kappa shape index (κ3) is 32.0. The van der Waals surface area contributed by atoms with E-state index < -0.39 is 18.1 Å². The van der Waals surface area contributed by atoms with E-state index in [2.05, 4.69) is 13.8 Å². The van der Waals surface area contributed by atoms with Crippen molar-refractivity contribution in [2.24, 2.45) is 0 Å². The monoisotopic (exact) mass is 699 g/mol. The second-order valence-electron chi connectivity index (χ2n) is 15.3. The van der Waals surface area contributed by atoms with Crippen LogP contribution in [-0.2, 0) is 28.6 Å². The average Bonchev–Trinajstić information content (AvgIpc) is 3.05. The molecule has 0 saturated carbocycles. The summed E-state index contributed by atoms with van der Waals surface area (Å²) >= 11 is 0. The minimum absolute atomic E-state index is 0.0426. The molecule has 8 heteroatoms. The first-order chi connectivity index (χ1) is 23.6. The van der Waals surface area contributed by atoms with Gasteiger partial charge >= 0.3 is 17.9 Å². The van der Waals surface area contributed by atoms with Crippen molar-refractivity contribution in [3.8, 4) is 0 Å². The van der Waals surface area contributed by atoms with Gasteiger partial charge in [-0.15, -0.1) is 0 Å². The van der Waals surface area contributed by atoms with Crippen LogP contribution in [0.4, 0.5) is 0 Å². The van der Waals surface area contributed by atoms with E-state index in [9.17, 15) is 19.5 Å². The van der Waals surface area contributed by atoms with Crippen molar-refractivity contribution in [1.29, 1.82) is 0 Å². The summed E-state index contributed by atoms with van der Waals surface area (Å²) < 4.78 is 17.2. The SMILES string of the molecule is CCCCCCCCCCCCCCCCC(=O)OC(COCCC(C(=O)O)[N+](C)(C)C)COC(=O)CCCCCCCCCCCCC. The number of unbranched alkanes of at least 4 members (excludes halogenated alkanes) is 23. The quantitative estimate of drug-likeness (QED) is 0.0392. The molecule has 0 spiro atoms. The van der Waals surface area contributed by atoms with Crippen molar-refractivity contribution in [2.75, 3.05) is 41.0 Å². The van der Waals surface area contributed by atoms with Crippen LogP contribution in [0, 0.1) is 0 Å². The van der Waals surface area contributed by atoms with Gasteiger partial charge in [0.1, 0.15) is 6.61 Å².